The van der Waals surface area contributed by atoms with E-state index < -0.39 is 5.97 Å². The smallest absolute Gasteiger partial charge is 0.338 e. The summed E-state index contributed by atoms with van der Waals surface area (Å²) >= 11 is 5.73. The normalized spacial score (nSPS) is 10.2. The van der Waals surface area contributed by atoms with Crippen LogP contribution < -0.4 is 5.32 Å². The second-order valence-electron chi connectivity index (χ2n) is 3.79. The Kier molecular flexibility index (Phi) is 3.82. The van der Waals surface area contributed by atoms with Gasteiger partial charge >= 0.3 is 5.97 Å². The maximum Gasteiger partial charge on any atom is 0.338 e. The maximum atomic E-state index is 11.7. The SMILES string of the molecule is O=C(Cn1cc(C(=O)O)cn1)Nc1ccc(Cl)cc1. The van der Waals surface area contributed by atoms with Gasteiger partial charge < -0.3 is 10.4 Å². The monoisotopic (exact) mass is 279 g/mol. The molecule has 1 heterocycles. The number of carbonyl (C=O) groups excluding carboxylic acids is 1. The molecule has 1 amide bonds. The number of halogens is 1. The van der Waals surface area contributed by atoms with E-state index in [1.165, 1.54) is 17.1 Å². The fraction of sp³-hybridized carbons (Fsp3) is 0.0833. The van der Waals surface area contributed by atoms with Crippen LogP contribution in [0.15, 0.2) is 36.7 Å². The van der Waals surface area contributed by atoms with Crippen molar-refractivity contribution in [3.05, 3.63) is 47.2 Å². The highest BCUT2D eigenvalue weighted by atomic mass is 35.5. The molecule has 0 unspecified atom stereocenters. The first-order chi connectivity index (χ1) is 9.04. The minimum Gasteiger partial charge on any atom is -0.478 e. The third kappa shape index (κ3) is 3.56. The van der Waals surface area contributed by atoms with Crippen LogP contribution in [-0.4, -0.2) is 26.8 Å². The molecule has 7 heteroatoms. The van der Waals surface area contributed by atoms with Crippen molar-refractivity contribution in [2.24, 2.45) is 0 Å². The Bertz CT molecular complexity index is 607. The van der Waals surface area contributed by atoms with Crippen molar-refractivity contribution in [3.8, 4) is 0 Å². The molecular weight excluding hydrogens is 270 g/mol. The van der Waals surface area contributed by atoms with Gasteiger partial charge in [0.1, 0.15) is 6.54 Å². The van der Waals surface area contributed by atoms with Gasteiger partial charge in [0.05, 0.1) is 11.8 Å². The lowest BCUT2D eigenvalue weighted by Gasteiger charge is -2.05. The zero-order chi connectivity index (χ0) is 13.8. The Morgan fingerprint density at radius 2 is 2.00 bits per heavy atom. The molecule has 0 aliphatic rings. The number of hydrogen-bond acceptors (Lipinski definition) is 3. The van der Waals surface area contributed by atoms with Gasteiger partial charge in [-0.3, -0.25) is 9.48 Å². The minimum atomic E-state index is -1.08. The van der Waals surface area contributed by atoms with Crippen LogP contribution in [0.5, 0.6) is 0 Å². The molecule has 1 aromatic carbocycles. The molecular formula is C12H10ClN3O3. The Balaban J connectivity index is 1.97. The van der Waals surface area contributed by atoms with Gasteiger partial charge in [0, 0.05) is 16.9 Å². The summed E-state index contributed by atoms with van der Waals surface area (Å²) < 4.78 is 1.26. The van der Waals surface area contributed by atoms with Crippen LogP contribution in [-0.2, 0) is 11.3 Å². The van der Waals surface area contributed by atoms with E-state index in [-0.39, 0.29) is 18.0 Å². The average molecular weight is 280 g/mol. The molecule has 2 N–H and O–H groups in total. The highest BCUT2D eigenvalue weighted by Gasteiger charge is 2.09. The van der Waals surface area contributed by atoms with Gasteiger partial charge in [-0.15, -0.1) is 0 Å². The van der Waals surface area contributed by atoms with Gasteiger partial charge in [-0.1, -0.05) is 11.6 Å². The quantitative estimate of drug-likeness (QED) is 0.895. The van der Waals surface area contributed by atoms with Crippen LogP contribution in [0, 0.1) is 0 Å². The van der Waals surface area contributed by atoms with Crippen molar-refractivity contribution in [2.75, 3.05) is 5.32 Å². The lowest BCUT2D eigenvalue weighted by Crippen LogP contribution is -2.18. The summed E-state index contributed by atoms with van der Waals surface area (Å²) in [5.41, 5.74) is 0.652. The van der Waals surface area contributed by atoms with E-state index in [2.05, 4.69) is 10.4 Å². The summed E-state index contributed by atoms with van der Waals surface area (Å²) in [6, 6.07) is 6.67. The molecule has 2 rings (SSSR count). The van der Waals surface area contributed by atoms with Crippen molar-refractivity contribution < 1.29 is 14.7 Å². The number of aromatic carboxylic acids is 1. The number of nitrogens with zero attached hydrogens (tertiary/aromatic N) is 2. The van der Waals surface area contributed by atoms with Gasteiger partial charge in [0.2, 0.25) is 5.91 Å². The maximum absolute atomic E-state index is 11.7. The summed E-state index contributed by atoms with van der Waals surface area (Å²) in [5.74, 6) is -1.38. The molecule has 0 fully saturated rings. The van der Waals surface area contributed by atoms with Crippen LogP contribution in [0.25, 0.3) is 0 Å². The van der Waals surface area contributed by atoms with Crippen LogP contribution in [0.3, 0.4) is 0 Å². The summed E-state index contributed by atoms with van der Waals surface area (Å²) in [7, 11) is 0. The van der Waals surface area contributed by atoms with Crippen molar-refractivity contribution in [1.82, 2.24) is 9.78 Å². The van der Waals surface area contributed by atoms with Gasteiger partial charge in [0.15, 0.2) is 0 Å². The van der Waals surface area contributed by atoms with E-state index in [1.54, 1.807) is 24.3 Å². The Labute approximate surface area is 113 Å². The molecule has 0 saturated carbocycles. The second kappa shape index (κ2) is 5.53. The molecule has 0 spiro atoms. The second-order valence-corrected chi connectivity index (χ2v) is 4.22. The number of hydrogen-bond donors (Lipinski definition) is 2. The predicted molar refractivity (Wildman–Crippen MR) is 69.3 cm³/mol. The Morgan fingerprint density at radius 3 is 2.58 bits per heavy atom. The van der Waals surface area contributed by atoms with Gasteiger partial charge in [0.25, 0.3) is 0 Å². The van der Waals surface area contributed by atoms with Crippen LogP contribution in [0.1, 0.15) is 10.4 Å². The highest BCUT2D eigenvalue weighted by molar-refractivity contribution is 6.30. The van der Waals surface area contributed by atoms with E-state index >= 15 is 0 Å². The Hall–Kier alpha value is -2.34. The minimum absolute atomic E-state index is 0.0410. The number of carboxylic acids is 1. The topological polar surface area (TPSA) is 84.2 Å². The lowest BCUT2D eigenvalue weighted by molar-refractivity contribution is -0.116. The van der Waals surface area contributed by atoms with Crippen LogP contribution >= 0.6 is 11.6 Å². The number of benzene rings is 1. The largest absolute Gasteiger partial charge is 0.478 e. The van der Waals surface area contributed by atoms with E-state index in [0.717, 1.165) is 0 Å². The summed E-state index contributed by atoms with van der Waals surface area (Å²) in [6.45, 7) is -0.0596. The summed E-state index contributed by atoms with van der Waals surface area (Å²) in [6.07, 6.45) is 2.49. The molecule has 0 aliphatic carbocycles. The molecule has 2 aromatic rings. The van der Waals surface area contributed by atoms with Crippen molar-refractivity contribution in [1.29, 1.82) is 0 Å². The third-order valence-corrected chi connectivity index (χ3v) is 2.57. The molecule has 0 atom stereocenters. The van der Waals surface area contributed by atoms with E-state index in [9.17, 15) is 9.59 Å². The predicted octanol–water partition coefficient (Wildman–Crippen LogP) is 1.87. The summed E-state index contributed by atoms with van der Waals surface area (Å²) in [5, 5.41) is 15.7. The molecule has 0 aliphatic heterocycles. The molecule has 1 aromatic heterocycles. The number of carboxylic acid groups (broad SMARTS) is 1. The standard InChI is InChI=1S/C12H10ClN3O3/c13-9-1-3-10(4-2-9)15-11(17)7-16-6-8(5-14-16)12(18)19/h1-6H,7H2,(H,15,17)(H,18,19). The Morgan fingerprint density at radius 1 is 1.32 bits per heavy atom. The molecule has 0 bridgehead atoms. The van der Waals surface area contributed by atoms with Gasteiger partial charge in [-0.05, 0) is 24.3 Å². The number of anilines is 1. The molecule has 0 saturated heterocycles. The van der Waals surface area contributed by atoms with Crippen molar-refractivity contribution in [2.45, 2.75) is 6.54 Å². The van der Waals surface area contributed by atoms with Crippen molar-refractivity contribution in [3.63, 3.8) is 0 Å². The summed E-state index contributed by atoms with van der Waals surface area (Å²) in [4.78, 5) is 22.4. The first-order valence-corrected chi connectivity index (χ1v) is 5.73. The van der Waals surface area contributed by atoms with Gasteiger partial charge in [-0.2, -0.15) is 5.10 Å². The first kappa shape index (κ1) is 13.1. The fourth-order valence-electron chi connectivity index (χ4n) is 1.44. The van der Waals surface area contributed by atoms with E-state index in [4.69, 9.17) is 16.7 Å². The lowest BCUT2D eigenvalue weighted by atomic mass is 10.3. The number of carbonyl (C=O) groups is 2. The van der Waals surface area contributed by atoms with Crippen LogP contribution in [0.2, 0.25) is 5.02 Å². The highest BCUT2D eigenvalue weighted by Crippen LogP contribution is 2.13. The number of rotatable bonds is 4. The fourth-order valence-corrected chi connectivity index (χ4v) is 1.57. The average Bonchev–Trinajstić information content (AvgIpc) is 2.80. The van der Waals surface area contributed by atoms with E-state index in [1.807, 2.05) is 0 Å². The first-order valence-electron chi connectivity index (χ1n) is 5.36. The van der Waals surface area contributed by atoms with E-state index in [0.29, 0.717) is 10.7 Å². The third-order valence-electron chi connectivity index (χ3n) is 2.31. The zero-order valence-electron chi connectivity index (χ0n) is 9.71. The molecule has 0 radical (unpaired) electrons. The zero-order valence-corrected chi connectivity index (χ0v) is 10.5. The number of aromatic nitrogens is 2. The van der Waals surface area contributed by atoms with Gasteiger partial charge in [-0.25, -0.2) is 4.79 Å². The molecule has 98 valence electrons. The number of nitrogens with one attached hydrogen (secondary N) is 1. The van der Waals surface area contributed by atoms with Crippen molar-refractivity contribution >= 4 is 29.2 Å². The molecule has 6 nitrogen and oxygen atoms in total. The molecule has 19 heavy (non-hydrogen) atoms. The van der Waals surface area contributed by atoms with Crippen LogP contribution in [0.4, 0.5) is 5.69 Å². The number of amides is 1.